The van der Waals surface area contributed by atoms with Crippen LogP contribution in [0.25, 0.3) is 0 Å². The molecular formula is C17H22N2O3S2. The van der Waals surface area contributed by atoms with Crippen LogP contribution in [0.5, 0.6) is 5.75 Å². The maximum absolute atomic E-state index is 11.8. The van der Waals surface area contributed by atoms with Gasteiger partial charge in [0.05, 0.1) is 30.7 Å². The Labute approximate surface area is 147 Å². The van der Waals surface area contributed by atoms with Crippen LogP contribution in [0.2, 0.25) is 0 Å². The molecule has 0 bridgehead atoms. The molecule has 1 fully saturated rings. The number of aliphatic imine (C=N–C) groups is 1. The van der Waals surface area contributed by atoms with Crippen LogP contribution in [-0.2, 0) is 16.3 Å². The summed E-state index contributed by atoms with van der Waals surface area (Å²) in [6, 6.07) is 7.94. The quantitative estimate of drug-likeness (QED) is 0.721. The number of fused-ring (bicyclic) bond motifs is 1. The summed E-state index contributed by atoms with van der Waals surface area (Å²) >= 11 is 1.70. The van der Waals surface area contributed by atoms with Crippen LogP contribution >= 0.6 is 11.8 Å². The second kappa shape index (κ2) is 7.19. The topological polar surface area (TPSA) is 59.0 Å². The number of hydrogen-bond donors (Lipinski definition) is 0. The number of aryl methyl sites for hydroxylation is 1. The van der Waals surface area contributed by atoms with Gasteiger partial charge in [-0.2, -0.15) is 0 Å². The Kier molecular flexibility index (Phi) is 5.20. The van der Waals surface area contributed by atoms with E-state index in [1.807, 2.05) is 18.2 Å². The normalized spacial score (nSPS) is 24.5. The van der Waals surface area contributed by atoms with Crippen molar-refractivity contribution in [2.24, 2.45) is 4.99 Å². The number of methoxy groups -OCH3 is 1. The van der Waals surface area contributed by atoms with Gasteiger partial charge in [-0.15, -0.1) is 6.58 Å². The highest BCUT2D eigenvalue weighted by Gasteiger charge is 2.45. The fraction of sp³-hybridized carbons (Fsp3) is 0.471. The smallest absolute Gasteiger partial charge is 0.160 e. The van der Waals surface area contributed by atoms with Crippen molar-refractivity contribution in [3.05, 3.63) is 42.5 Å². The molecule has 0 radical (unpaired) electrons. The molecule has 3 rings (SSSR count). The van der Waals surface area contributed by atoms with Gasteiger partial charge in [-0.1, -0.05) is 30.0 Å². The molecule has 2 heterocycles. The van der Waals surface area contributed by atoms with Gasteiger partial charge >= 0.3 is 0 Å². The van der Waals surface area contributed by atoms with Crippen molar-refractivity contribution in [2.75, 3.05) is 30.9 Å². The standard InChI is InChI=1S/C17H22N2O3S2/c1-3-9-19-16-12-24(20,21)11-15(16)18-17(19)23-10-8-13-4-6-14(22-2)7-5-13/h3-7,15-16H,1,8-12H2,2H3/t15-,16-/m0/s1. The number of hydrogen-bond acceptors (Lipinski definition) is 6. The third-order valence-electron chi connectivity index (χ3n) is 4.32. The lowest BCUT2D eigenvalue weighted by atomic mass is 10.2. The maximum Gasteiger partial charge on any atom is 0.160 e. The van der Waals surface area contributed by atoms with Crippen molar-refractivity contribution in [3.63, 3.8) is 0 Å². The molecule has 0 N–H and O–H groups in total. The molecule has 0 amide bonds. The predicted molar refractivity (Wildman–Crippen MR) is 99.7 cm³/mol. The van der Waals surface area contributed by atoms with E-state index < -0.39 is 9.84 Å². The lowest BCUT2D eigenvalue weighted by Crippen LogP contribution is -2.39. The van der Waals surface area contributed by atoms with E-state index >= 15 is 0 Å². The van der Waals surface area contributed by atoms with E-state index in [1.54, 1.807) is 18.9 Å². The summed E-state index contributed by atoms with van der Waals surface area (Å²) in [5.74, 6) is 2.15. The molecule has 24 heavy (non-hydrogen) atoms. The van der Waals surface area contributed by atoms with Crippen molar-refractivity contribution >= 4 is 26.8 Å². The second-order valence-electron chi connectivity index (χ2n) is 6.01. The molecule has 7 heteroatoms. The Morgan fingerprint density at radius 2 is 2.12 bits per heavy atom. The van der Waals surface area contributed by atoms with E-state index in [4.69, 9.17) is 4.74 Å². The molecule has 1 aromatic carbocycles. The Morgan fingerprint density at radius 3 is 2.79 bits per heavy atom. The number of ether oxygens (including phenoxy) is 1. The first-order valence-electron chi connectivity index (χ1n) is 7.94. The highest BCUT2D eigenvalue weighted by Crippen LogP contribution is 2.31. The Morgan fingerprint density at radius 1 is 1.38 bits per heavy atom. The van der Waals surface area contributed by atoms with E-state index in [9.17, 15) is 8.42 Å². The van der Waals surface area contributed by atoms with Gasteiger partial charge in [0.2, 0.25) is 0 Å². The zero-order chi connectivity index (χ0) is 17.2. The van der Waals surface area contributed by atoms with Gasteiger partial charge in [0.25, 0.3) is 0 Å². The lowest BCUT2D eigenvalue weighted by Gasteiger charge is -2.24. The van der Waals surface area contributed by atoms with Gasteiger partial charge < -0.3 is 9.64 Å². The molecule has 5 nitrogen and oxygen atoms in total. The average Bonchev–Trinajstić information content (AvgIpc) is 3.01. The summed E-state index contributed by atoms with van der Waals surface area (Å²) in [6.45, 7) is 4.43. The Bertz CT molecular complexity index is 729. The van der Waals surface area contributed by atoms with Crippen LogP contribution in [0.4, 0.5) is 0 Å². The van der Waals surface area contributed by atoms with Crippen molar-refractivity contribution in [1.29, 1.82) is 0 Å². The molecular weight excluding hydrogens is 344 g/mol. The summed E-state index contributed by atoms with van der Waals surface area (Å²) in [4.78, 5) is 6.76. The Balaban J connectivity index is 1.60. The van der Waals surface area contributed by atoms with Crippen molar-refractivity contribution in [3.8, 4) is 5.75 Å². The third kappa shape index (κ3) is 3.78. The Hall–Kier alpha value is -1.47. The molecule has 0 aromatic heterocycles. The predicted octanol–water partition coefficient (Wildman–Crippen LogP) is 1.99. The van der Waals surface area contributed by atoms with Gasteiger partial charge in [-0.25, -0.2) is 8.42 Å². The minimum atomic E-state index is -2.95. The van der Waals surface area contributed by atoms with Gasteiger partial charge in [-0.05, 0) is 24.1 Å². The van der Waals surface area contributed by atoms with Crippen molar-refractivity contribution in [2.45, 2.75) is 18.5 Å². The van der Waals surface area contributed by atoms with Crippen molar-refractivity contribution in [1.82, 2.24) is 4.90 Å². The summed E-state index contributed by atoms with van der Waals surface area (Å²) in [5, 5.41) is 0.952. The molecule has 0 spiro atoms. The number of thioether (sulfide) groups is 1. The summed E-state index contributed by atoms with van der Waals surface area (Å²) < 4.78 is 28.8. The van der Waals surface area contributed by atoms with Gasteiger partial charge in [-0.3, -0.25) is 4.99 Å². The lowest BCUT2D eigenvalue weighted by molar-refractivity contribution is 0.379. The first-order valence-corrected chi connectivity index (χ1v) is 10.7. The van der Waals surface area contributed by atoms with Crippen LogP contribution in [0.15, 0.2) is 41.9 Å². The fourth-order valence-corrected chi connectivity index (χ4v) is 6.10. The molecule has 0 unspecified atom stereocenters. The number of benzene rings is 1. The van der Waals surface area contributed by atoms with Crippen LogP contribution in [0.3, 0.4) is 0 Å². The average molecular weight is 367 g/mol. The monoisotopic (exact) mass is 366 g/mol. The number of nitrogens with zero attached hydrogens (tertiary/aromatic N) is 2. The number of rotatable bonds is 6. The van der Waals surface area contributed by atoms with E-state index in [2.05, 4.69) is 28.6 Å². The molecule has 1 aromatic rings. The highest BCUT2D eigenvalue weighted by molar-refractivity contribution is 8.13. The zero-order valence-electron chi connectivity index (χ0n) is 13.7. The van der Waals surface area contributed by atoms with Crippen molar-refractivity contribution < 1.29 is 13.2 Å². The first-order chi connectivity index (χ1) is 11.5. The van der Waals surface area contributed by atoms with Gasteiger partial charge in [0.1, 0.15) is 5.75 Å². The van der Waals surface area contributed by atoms with E-state index in [1.165, 1.54) is 5.56 Å². The summed E-state index contributed by atoms with van der Waals surface area (Å²) in [7, 11) is -1.29. The molecule has 0 saturated carbocycles. The maximum atomic E-state index is 11.8. The highest BCUT2D eigenvalue weighted by atomic mass is 32.2. The second-order valence-corrected chi connectivity index (χ2v) is 9.23. The van der Waals surface area contributed by atoms with Gasteiger partial charge in [0, 0.05) is 12.3 Å². The van der Waals surface area contributed by atoms with Crippen LogP contribution in [0.1, 0.15) is 5.56 Å². The fourth-order valence-electron chi connectivity index (χ4n) is 3.11. The first kappa shape index (κ1) is 17.4. The SMILES string of the molecule is C=CCN1C(SCCc2ccc(OC)cc2)=N[C@H]2CS(=O)(=O)C[C@@H]21. The minimum Gasteiger partial charge on any atom is -0.497 e. The number of amidine groups is 1. The largest absolute Gasteiger partial charge is 0.497 e. The minimum absolute atomic E-state index is 0.0171. The number of sulfone groups is 1. The zero-order valence-corrected chi connectivity index (χ0v) is 15.4. The molecule has 2 atom stereocenters. The summed E-state index contributed by atoms with van der Waals surface area (Å²) in [5.41, 5.74) is 1.25. The molecule has 0 aliphatic carbocycles. The van der Waals surface area contributed by atoms with Gasteiger partial charge in [0.15, 0.2) is 15.0 Å². The summed E-state index contributed by atoms with van der Waals surface area (Å²) in [6.07, 6.45) is 2.75. The molecule has 2 aliphatic rings. The molecule has 130 valence electrons. The third-order valence-corrected chi connectivity index (χ3v) is 7.03. The van der Waals surface area contributed by atoms with E-state index in [-0.39, 0.29) is 23.6 Å². The molecule has 1 saturated heterocycles. The van der Waals surface area contributed by atoms with Crippen LogP contribution in [0, 0.1) is 0 Å². The van der Waals surface area contributed by atoms with Crippen LogP contribution < -0.4 is 4.74 Å². The van der Waals surface area contributed by atoms with E-state index in [0.29, 0.717) is 6.54 Å². The van der Waals surface area contributed by atoms with Crippen LogP contribution in [-0.4, -0.2) is 61.5 Å². The van der Waals surface area contributed by atoms with E-state index in [0.717, 1.165) is 23.1 Å². The molecule has 2 aliphatic heterocycles.